The molecular formula is C18H19N5S. The summed E-state index contributed by atoms with van der Waals surface area (Å²) in [7, 11) is 0. The van der Waals surface area contributed by atoms with E-state index in [1.807, 2.05) is 24.3 Å². The predicted molar refractivity (Wildman–Crippen MR) is 98.4 cm³/mol. The van der Waals surface area contributed by atoms with E-state index in [0.717, 1.165) is 41.0 Å². The zero-order chi connectivity index (χ0) is 16.2. The Morgan fingerprint density at radius 2 is 1.92 bits per heavy atom. The van der Waals surface area contributed by atoms with Crippen molar-refractivity contribution in [2.24, 2.45) is 0 Å². The standard InChI is InChI=1S/C18H19N5S/c1-2-6-14(7-3-1)18-22-15(12-24-18)11-19-16-10-17(21-13-20-16)23-8-4-5-9-23/h1-3,6-7,10,12-13H,4-5,8-9,11H2,(H,19,20,21). The molecule has 1 aliphatic heterocycles. The van der Waals surface area contributed by atoms with Crippen molar-refractivity contribution in [2.45, 2.75) is 19.4 Å². The maximum absolute atomic E-state index is 4.70. The van der Waals surface area contributed by atoms with E-state index in [4.69, 9.17) is 4.98 Å². The molecule has 0 saturated carbocycles. The molecule has 0 radical (unpaired) electrons. The summed E-state index contributed by atoms with van der Waals surface area (Å²) in [6.07, 6.45) is 4.12. The maximum Gasteiger partial charge on any atom is 0.134 e. The largest absolute Gasteiger partial charge is 0.364 e. The van der Waals surface area contributed by atoms with Crippen molar-refractivity contribution in [1.82, 2.24) is 15.0 Å². The Bertz CT molecular complexity index is 796. The number of nitrogens with one attached hydrogen (secondary N) is 1. The van der Waals surface area contributed by atoms with Gasteiger partial charge in [-0.25, -0.2) is 15.0 Å². The lowest BCUT2D eigenvalue weighted by Gasteiger charge is -2.16. The van der Waals surface area contributed by atoms with E-state index in [1.54, 1.807) is 17.7 Å². The first-order valence-electron chi connectivity index (χ1n) is 8.19. The normalized spacial score (nSPS) is 14.1. The number of benzene rings is 1. The van der Waals surface area contributed by atoms with Crippen LogP contribution in [0, 0.1) is 0 Å². The second-order valence-corrected chi connectivity index (χ2v) is 6.68. The Labute approximate surface area is 145 Å². The second-order valence-electron chi connectivity index (χ2n) is 5.82. The van der Waals surface area contributed by atoms with Gasteiger partial charge in [-0.2, -0.15) is 0 Å². The quantitative estimate of drug-likeness (QED) is 0.767. The van der Waals surface area contributed by atoms with E-state index in [9.17, 15) is 0 Å². The molecule has 6 heteroatoms. The minimum atomic E-state index is 0.666. The molecule has 24 heavy (non-hydrogen) atoms. The number of thiazole rings is 1. The first-order valence-corrected chi connectivity index (χ1v) is 9.07. The van der Waals surface area contributed by atoms with Crippen molar-refractivity contribution in [3.63, 3.8) is 0 Å². The highest BCUT2D eigenvalue weighted by Crippen LogP contribution is 2.24. The number of hydrogen-bond donors (Lipinski definition) is 1. The number of anilines is 2. The van der Waals surface area contributed by atoms with Crippen LogP contribution in [0.3, 0.4) is 0 Å². The van der Waals surface area contributed by atoms with Crippen LogP contribution in [0.4, 0.5) is 11.6 Å². The molecule has 1 saturated heterocycles. The van der Waals surface area contributed by atoms with Gasteiger partial charge < -0.3 is 10.2 Å². The number of nitrogens with zero attached hydrogens (tertiary/aromatic N) is 4. The highest BCUT2D eigenvalue weighted by molar-refractivity contribution is 7.13. The molecule has 2 aromatic heterocycles. The fraction of sp³-hybridized carbons (Fsp3) is 0.278. The van der Waals surface area contributed by atoms with Crippen LogP contribution in [0.15, 0.2) is 48.1 Å². The van der Waals surface area contributed by atoms with E-state index in [-0.39, 0.29) is 0 Å². The van der Waals surface area contributed by atoms with E-state index in [1.165, 1.54) is 12.8 Å². The van der Waals surface area contributed by atoms with Gasteiger partial charge in [-0.1, -0.05) is 30.3 Å². The smallest absolute Gasteiger partial charge is 0.134 e. The molecule has 0 unspecified atom stereocenters. The van der Waals surface area contributed by atoms with Crippen LogP contribution >= 0.6 is 11.3 Å². The van der Waals surface area contributed by atoms with Crippen LogP contribution in [0.25, 0.3) is 10.6 Å². The molecule has 1 N–H and O–H groups in total. The molecule has 3 aromatic rings. The lowest BCUT2D eigenvalue weighted by molar-refractivity contribution is 0.924. The molecule has 0 atom stereocenters. The van der Waals surface area contributed by atoms with Gasteiger partial charge in [0.2, 0.25) is 0 Å². The van der Waals surface area contributed by atoms with Crippen molar-refractivity contribution in [3.05, 3.63) is 53.8 Å². The highest BCUT2D eigenvalue weighted by Gasteiger charge is 2.14. The van der Waals surface area contributed by atoms with Crippen molar-refractivity contribution in [1.29, 1.82) is 0 Å². The third-order valence-corrected chi connectivity index (χ3v) is 5.05. The van der Waals surface area contributed by atoms with Crippen molar-refractivity contribution in [3.8, 4) is 10.6 Å². The van der Waals surface area contributed by atoms with E-state index >= 15 is 0 Å². The number of rotatable bonds is 5. The highest BCUT2D eigenvalue weighted by atomic mass is 32.1. The summed E-state index contributed by atoms with van der Waals surface area (Å²) >= 11 is 1.67. The van der Waals surface area contributed by atoms with Gasteiger partial charge in [0.25, 0.3) is 0 Å². The Morgan fingerprint density at radius 1 is 1.08 bits per heavy atom. The third kappa shape index (κ3) is 3.38. The Kier molecular flexibility index (Phi) is 4.38. The fourth-order valence-corrected chi connectivity index (χ4v) is 3.67. The average molecular weight is 337 g/mol. The van der Waals surface area contributed by atoms with Gasteiger partial charge in [0.15, 0.2) is 0 Å². The van der Waals surface area contributed by atoms with Gasteiger partial charge in [0.1, 0.15) is 23.0 Å². The van der Waals surface area contributed by atoms with Gasteiger partial charge >= 0.3 is 0 Å². The fourth-order valence-electron chi connectivity index (χ4n) is 2.85. The molecule has 1 aliphatic rings. The van der Waals surface area contributed by atoms with Gasteiger partial charge in [-0.3, -0.25) is 0 Å². The van der Waals surface area contributed by atoms with Crippen molar-refractivity contribution >= 4 is 23.0 Å². The maximum atomic E-state index is 4.70. The van der Waals surface area contributed by atoms with Crippen LogP contribution in [0.2, 0.25) is 0 Å². The van der Waals surface area contributed by atoms with Crippen LogP contribution < -0.4 is 10.2 Å². The number of aromatic nitrogens is 3. The summed E-state index contributed by atoms with van der Waals surface area (Å²) in [6, 6.07) is 12.3. The Hall–Kier alpha value is -2.47. The van der Waals surface area contributed by atoms with Gasteiger partial charge in [-0.05, 0) is 12.8 Å². The molecular weight excluding hydrogens is 318 g/mol. The molecule has 0 amide bonds. The third-order valence-electron chi connectivity index (χ3n) is 4.11. The average Bonchev–Trinajstić information content (AvgIpc) is 3.33. The molecule has 122 valence electrons. The van der Waals surface area contributed by atoms with Crippen LogP contribution in [0.5, 0.6) is 0 Å². The second kappa shape index (κ2) is 6.97. The molecule has 4 rings (SSSR count). The van der Waals surface area contributed by atoms with Crippen LogP contribution in [0.1, 0.15) is 18.5 Å². The van der Waals surface area contributed by atoms with Crippen LogP contribution in [-0.2, 0) is 6.54 Å². The first-order chi connectivity index (χ1) is 11.9. The zero-order valence-corrected chi connectivity index (χ0v) is 14.2. The minimum absolute atomic E-state index is 0.666. The lowest BCUT2D eigenvalue weighted by atomic mass is 10.2. The zero-order valence-electron chi connectivity index (χ0n) is 13.4. The molecule has 0 bridgehead atoms. The summed E-state index contributed by atoms with van der Waals surface area (Å²) in [6.45, 7) is 2.84. The van der Waals surface area contributed by atoms with Crippen molar-refractivity contribution < 1.29 is 0 Å². The Balaban J connectivity index is 1.42. The summed E-state index contributed by atoms with van der Waals surface area (Å²) < 4.78 is 0. The predicted octanol–water partition coefficient (Wildman–Crippen LogP) is 3.81. The van der Waals surface area contributed by atoms with Crippen LogP contribution in [-0.4, -0.2) is 28.0 Å². The Morgan fingerprint density at radius 3 is 2.75 bits per heavy atom. The minimum Gasteiger partial charge on any atom is -0.364 e. The molecule has 5 nitrogen and oxygen atoms in total. The topological polar surface area (TPSA) is 53.9 Å². The van der Waals surface area contributed by atoms with E-state index in [2.05, 4.69) is 37.7 Å². The summed E-state index contributed by atoms with van der Waals surface area (Å²) in [5, 5.41) is 6.50. The summed E-state index contributed by atoms with van der Waals surface area (Å²) in [5.74, 6) is 1.86. The van der Waals surface area contributed by atoms with Gasteiger partial charge in [0, 0.05) is 30.1 Å². The van der Waals surface area contributed by atoms with E-state index < -0.39 is 0 Å². The molecule has 1 fully saturated rings. The van der Waals surface area contributed by atoms with E-state index in [0.29, 0.717) is 6.54 Å². The summed E-state index contributed by atoms with van der Waals surface area (Å²) in [5.41, 5.74) is 2.19. The lowest BCUT2D eigenvalue weighted by Crippen LogP contribution is -2.19. The van der Waals surface area contributed by atoms with Crippen molar-refractivity contribution in [2.75, 3.05) is 23.3 Å². The first kappa shape index (κ1) is 15.1. The molecule has 3 heterocycles. The SMILES string of the molecule is c1ccc(-c2nc(CNc3cc(N4CCCC4)ncn3)cs2)cc1. The monoisotopic (exact) mass is 337 g/mol. The van der Waals surface area contributed by atoms with Gasteiger partial charge in [-0.15, -0.1) is 11.3 Å². The molecule has 1 aromatic carbocycles. The summed E-state index contributed by atoms with van der Waals surface area (Å²) in [4.78, 5) is 15.7. The van der Waals surface area contributed by atoms with Gasteiger partial charge in [0.05, 0.1) is 12.2 Å². The number of hydrogen-bond acceptors (Lipinski definition) is 6. The molecule has 0 spiro atoms. The molecule has 0 aliphatic carbocycles.